The fourth-order valence-electron chi connectivity index (χ4n) is 1.70. The zero-order valence-electron chi connectivity index (χ0n) is 11.7. The first-order chi connectivity index (χ1) is 9.54. The van der Waals surface area contributed by atoms with Gasteiger partial charge in [-0.05, 0) is 5.56 Å². The topological polar surface area (TPSA) is 78.9 Å². The molecule has 0 saturated carbocycles. The number of nitrogens with one attached hydrogen (secondary N) is 1. The highest BCUT2D eigenvalue weighted by Gasteiger charge is 2.17. The summed E-state index contributed by atoms with van der Waals surface area (Å²) in [5, 5.41) is 11.4. The van der Waals surface area contributed by atoms with Crippen molar-refractivity contribution in [2.24, 2.45) is 0 Å². The maximum atomic E-state index is 12.0. The molecular formula is C14H20N2O4. The molecule has 0 heterocycles. The third-order valence-electron chi connectivity index (χ3n) is 2.84. The Morgan fingerprint density at radius 3 is 2.55 bits per heavy atom. The molecule has 0 aliphatic heterocycles. The molecule has 110 valence electrons. The van der Waals surface area contributed by atoms with E-state index in [0.29, 0.717) is 6.61 Å². The first-order valence-corrected chi connectivity index (χ1v) is 6.32. The van der Waals surface area contributed by atoms with E-state index >= 15 is 0 Å². The summed E-state index contributed by atoms with van der Waals surface area (Å²) in [6.07, 6.45) is -0.0792. The zero-order valence-corrected chi connectivity index (χ0v) is 11.7. The number of nitrogens with zero attached hydrogens (tertiary/aromatic N) is 1. The van der Waals surface area contributed by atoms with Crippen LogP contribution in [0.2, 0.25) is 0 Å². The van der Waals surface area contributed by atoms with Crippen molar-refractivity contribution in [3.05, 3.63) is 35.9 Å². The molecule has 2 amide bonds. The van der Waals surface area contributed by atoms with E-state index < -0.39 is 5.97 Å². The molecule has 1 atom stereocenters. The second kappa shape index (κ2) is 8.16. The molecule has 0 bridgehead atoms. The van der Waals surface area contributed by atoms with Crippen LogP contribution < -0.4 is 5.32 Å². The lowest BCUT2D eigenvalue weighted by Crippen LogP contribution is -2.41. The van der Waals surface area contributed by atoms with Gasteiger partial charge in [-0.25, -0.2) is 4.79 Å². The Labute approximate surface area is 118 Å². The molecule has 1 aromatic carbocycles. The van der Waals surface area contributed by atoms with Crippen LogP contribution in [0.1, 0.15) is 18.0 Å². The van der Waals surface area contributed by atoms with Crippen molar-refractivity contribution in [2.45, 2.75) is 12.5 Å². The van der Waals surface area contributed by atoms with Crippen LogP contribution in [0.25, 0.3) is 0 Å². The Kier molecular flexibility index (Phi) is 6.52. The van der Waals surface area contributed by atoms with E-state index in [0.717, 1.165) is 5.56 Å². The number of aliphatic carboxylic acids is 1. The zero-order chi connectivity index (χ0) is 15.0. The van der Waals surface area contributed by atoms with Crippen molar-refractivity contribution >= 4 is 12.0 Å². The molecule has 2 N–H and O–H groups in total. The number of carbonyl (C=O) groups excluding carboxylic acids is 1. The Bertz CT molecular complexity index is 436. The third-order valence-corrected chi connectivity index (χ3v) is 2.84. The van der Waals surface area contributed by atoms with Gasteiger partial charge >= 0.3 is 12.0 Å². The average Bonchev–Trinajstić information content (AvgIpc) is 2.45. The number of hydrogen-bond acceptors (Lipinski definition) is 3. The largest absolute Gasteiger partial charge is 0.481 e. The van der Waals surface area contributed by atoms with Crippen molar-refractivity contribution in [1.82, 2.24) is 10.2 Å². The summed E-state index contributed by atoms with van der Waals surface area (Å²) in [7, 11) is 3.13. The van der Waals surface area contributed by atoms with Gasteiger partial charge in [-0.2, -0.15) is 0 Å². The van der Waals surface area contributed by atoms with Crippen molar-refractivity contribution in [3.8, 4) is 0 Å². The summed E-state index contributed by atoms with van der Waals surface area (Å²) in [6, 6.07) is 8.89. The quantitative estimate of drug-likeness (QED) is 0.793. The van der Waals surface area contributed by atoms with Crippen molar-refractivity contribution in [2.75, 3.05) is 27.3 Å². The van der Waals surface area contributed by atoms with Crippen molar-refractivity contribution in [3.63, 3.8) is 0 Å². The van der Waals surface area contributed by atoms with Gasteiger partial charge in [0, 0.05) is 20.7 Å². The number of benzene rings is 1. The molecule has 1 rings (SSSR count). The predicted octanol–water partition coefficient (Wildman–Crippen LogP) is 1.49. The SMILES string of the molecule is COCC(NC(=O)N(C)CCC(=O)O)c1ccccc1. The standard InChI is InChI=1S/C14H20N2O4/c1-16(9-8-13(17)18)14(19)15-12(10-20-2)11-6-4-3-5-7-11/h3-7,12H,8-10H2,1-2H3,(H,15,19)(H,17,18). The second-order valence-corrected chi connectivity index (χ2v) is 4.43. The van der Waals surface area contributed by atoms with Crippen LogP contribution in [0, 0.1) is 0 Å². The first-order valence-electron chi connectivity index (χ1n) is 6.32. The van der Waals surface area contributed by atoms with Crippen LogP contribution in [0.15, 0.2) is 30.3 Å². The van der Waals surface area contributed by atoms with Gasteiger partial charge in [0.25, 0.3) is 0 Å². The molecule has 0 fully saturated rings. The lowest BCUT2D eigenvalue weighted by Gasteiger charge is -2.23. The van der Waals surface area contributed by atoms with E-state index in [2.05, 4.69) is 5.32 Å². The number of urea groups is 1. The lowest BCUT2D eigenvalue weighted by atomic mass is 10.1. The highest BCUT2D eigenvalue weighted by atomic mass is 16.5. The number of hydrogen-bond donors (Lipinski definition) is 2. The van der Waals surface area contributed by atoms with E-state index in [9.17, 15) is 9.59 Å². The predicted molar refractivity (Wildman–Crippen MR) is 74.5 cm³/mol. The number of ether oxygens (including phenoxy) is 1. The molecule has 0 radical (unpaired) electrons. The Morgan fingerprint density at radius 1 is 1.35 bits per heavy atom. The van der Waals surface area contributed by atoms with Gasteiger partial charge in [0.1, 0.15) is 0 Å². The highest BCUT2D eigenvalue weighted by Crippen LogP contribution is 2.13. The van der Waals surface area contributed by atoms with E-state index in [-0.39, 0.29) is 25.0 Å². The Hall–Kier alpha value is -2.08. The summed E-state index contributed by atoms with van der Waals surface area (Å²) in [5.41, 5.74) is 0.939. The number of carboxylic acid groups (broad SMARTS) is 1. The third kappa shape index (κ3) is 5.27. The normalized spacial score (nSPS) is 11.7. The number of amides is 2. The molecular weight excluding hydrogens is 260 g/mol. The fraction of sp³-hybridized carbons (Fsp3) is 0.429. The van der Waals surface area contributed by atoms with Crippen LogP contribution in [0.5, 0.6) is 0 Å². The molecule has 0 aliphatic rings. The minimum absolute atomic E-state index is 0.0792. The first kappa shape index (κ1) is 16.0. The van der Waals surface area contributed by atoms with Gasteiger partial charge < -0.3 is 20.1 Å². The molecule has 1 unspecified atom stereocenters. The number of methoxy groups -OCH3 is 1. The number of carbonyl (C=O) groups is 2. The smallest absolute Gasteiger partial charge is 0.317 e. The molecule has 0 aromatic heterocycles. The van der Waals surface area contributed by atoms with Crippen molar-refractivity contribution < 1.29 is 19.4 Å². The van der Waals surface area contributed by atoms with Crippen LogP contribution in [0.4, 0.5) is 4.79 Å². The fourth-order valence-corrected chi connectivity index (χ4v) is 1.70. The molecule has 6 nitrogen and oxygen atoms in total. The molecule has 20 heavy (non-hydrogen) atoms. The van der Waals surface area contributed by atoms with Gasteiger partial charge in [-0.3, -0.25) is 4.79 Å². The summed E-state index contributed by atoms with van der Waals surface area (Å²) < 4.78 is 5.11. The van der Waals surface area contributed by atoms with Crippen LogP contribution in [-0.4, -0.2) is 49.3 Å². The van der Waals surface area contributed by atoms with Gasteiger partial charge in [0.05, 0.1) is 19.1 Å². The minimum Gasteiger partial charge on any atom is -0.481 e. The monoisotopic (exact) mass is 280 g/mol. The Morgan fingerprint density at radius 2 is 2.00 bits per heavy atom. The summed E-state index contributed by atoms with van der Waals surface area (Å²) in [5.74, 6) is -0.929. The van der Waals surface area contributed by atoms with Crippen molar-refractivity contribution in [1.29, 1.82) is 0 Å². The van der Waals surface area contributed by atoms with E-state index in [1.54, 1.807) is 14.2 Å². The maximum absolute atomic E-state index is 12.0. The molecule has 6 heteroatoms. The summed E-state index contributed by atoms with van der Waals surface area (Å²) >= 11 is 0. The van der Waals surface area contributed by atoms with E-state index in [1.165, 1.54) is 4.90 Å². The minimum atomic E-state index is -0.929. The van der Waals surface area contributed by atoms with Gasteiger partial charge in [0.2, 0.25) is 0 Å². The summed E-state index contributed by atoms with van der Waals surface area (Å²) in [4.78, 5) is 23.8. The van der Waals surface area contributed by atoms with Crippen LogP contribution in [-0.2, 0) is 9.53 Å². The van der Waals surface area contributed by atoms with E-state index in [1.807, 2.05) is 30.3 Å². The van der Waals surface area contributed by atoms with Gasteiger partial charge in [-0.1, -0.05) is 30.3 Å². The maximum Gasteiger partial charge on any atom is 0.317 e. The number of rotatable bonds is 7. The molecule has 1 aromatic rings. The van der Waals surface area contributed by atoms with Crippen LogP contribution >= 0.6 is 0 Å². The number of carboxylic acids is 1. The van der Waals surface area contributed by atoms with Crippen LogP contribution in [0.3, 0.4) is 0 Å². The van der Waals surface area contributed by atoms with E-state index in [4.69, 9.17) is 9.84 Å². The molecule has 0 spiro atoms. The Balaban J connectivity index is 2.61. The molecule has 0 saturated heterocycles. The summed E-state index contributed by atoms with van der Waals surface area (Å²) in [6.45, 7) is 0.512. The lowest BCUT2D eigenvalue weighted by molar-refractivity contribution is -0.137. The van der Waals surface area contributed by atoms with Gasteiger partial charge in [-0.15, -0.1) is 0 Å². The average molecular weight is 280 g/mol. The molecule has 0 aliphatic carbocycles. The second-order valence-electron chi connectivity index (χ2n) is 4.43. The highest BCUT2D eigenvalue weighted by molar-refractivity contribution is 5.75. The van der Waals surface area contributed by atoms with Gasteiger partial charge in [0.15, 0.2) is 0 Å².